The van der Waals surface area contributed by atoms with E-state index in [0.29, 0.717) is 17.3 Å². The van der Waals surface area contributed by atoms with Crippen LogP contribution in [0.5, 0.6) is 11.5 Å². The lowest BCUT2D eigenvalue weighted by Crippen LogP contribution is -2.42. The summed E-state index contributed by atoms with van der Waals surface area (Å²) in [5.74, 6) is 1.63. The smallest absolute Gasteiger partial charge is 0.240 e. The van der Waals surface area contributed by atoms with Crippen molar-refractivity contribution in [3.05, 3.63) is 94.9 Å². The minimum atomic E-state index is -0.385. The topological polar surface area (TPSA) is 98.6 Å². The van der Waals surface area contributed by atoms with E-state index in [-0.39, 0.29) is 41.3 Å². The molecule has 2 aromatic heterocycles. The molecule has 2 amide bonds. The van der Waals surface area contributed by atoms with Crippen LogP contribution in [-0.2, 0) is 21.5 Å². The van der Waals surface area contributed by atoms with E-state index in [1.807, 2.05) is 72.3 Å². The fourth-order valence-corrected chi connectivity index (χ4v) is 6.41. The lowest BCUT2D eigenvalue weighted by molar-refractivity contribution is -0.123. The van der Waals surface area contributed by atoms with Gasteiger partial charge in [0.1, 0.15) is 23.9 Å². The average molecular weight is 600 g/mol. The molecule has 0 fully saturated rings. The number of amides is 2. The predicted octanol–water partition coefficient (Wildman–Crippen LogP) is 5.38. The number of nitrogens with one attached hydrogen (secondary N) is 1. The van der Waals surface area contributed by atoms with Crippen molar-refractivity contribution in [2.24, 2.45) is 0 Å². The second kappa shape index (κ2) is 12.5. The number of carbonyl (C=O) groups excluding carboxylic acids is 2. The van der Waals surface area contributed by atoms with E-state index < -0.39 is 0 Å². The fourth-order valence-electron chi connectivity index (χ4n) is 5.19. The largest absolute Gasteiger partial charge is 0.497 e. The van der Waals surface area contributed by atoms with Gasteiger partial charge in [0, 0.05) is 22.7 Å². The van der Waals surface area contributed by atoms with E-state index >= 15 is 0 Å². The Balaban J connectivity index is 1.70. The summed E-state index contributed by atoms with van der Waals surface area (Å²) >= 11 is 1.50. The van der Waals surface area contributed by atoms with E-state index in [1.165, 1.54) is 11.8 Å². The third-order valence-electron chi connectivity index (χ3n) is 7.26. The number of ether oxygens (including phenoxy) is 2. The second-order valence-electron chi connectivity index (χ2n) is 11.5. The molecule has 1 aliphatic rings. The van der Waals surface area contributed by atoms with Crippen LogP contribution in [0.15, 0.2) is 66.9 Å². The zero-order valence-electron chi connectivity index (χ0n) is 25.4. The zero-order valence-corrected chi connectivity index (χ0v) is 26.2. The first kappa shape index (κ1) is 30.2. The lowest BCUT2D eigenvalue weighted by atomic mass is 9.87. The minimum absolute atomic E-state index is 0.157. The summed E-state index contributed by atoms with van der Waals surface area (Å²) in [5, 5.41) is 7.78. The van der Waals surface area contributed by atoms with Gasteiger partial charge in [-0.05, 0) is 55.0 Å². The molecule has 0 bridgehead atoms. The van der Waals surface area contributed by atoms with Gasteiger partial charge in [0.25, 0.3) is 0 Å². The number of nitrogens with zero attached hydrogens (tertiary/aromatic N) is 4. The summed E-state index contributed by atoms with van der Waals surface area (Å²) in [6.07, 6.45) is 1.69. The predicted molar refractivity (Wildman–Crippen MR) is 169 cm³/mol. The molecule has 0 saturated heterocycles. The van der Waals surface area contributed by atoms with Gasteiger partial charge >= 0.3 is 0 Å². The maximum absolute atomic E-state index is 14.0. The van der Waals surface area contributed by atoms with Gasteiger partial charge in [0.2, 0.25) is 11.8 Å². The molecule has 5 rings (SSSR count). The highest BCUT2D eigenvalue weighted by atomic mass is 32.2. The van der Waals surface area contributed by atoms with Crippen LogP contribution in [0.3, 0.4) is 0 Å². The summed E-state index contributed by atoms with van der Waals surface area (Å²) in [4.78, 5) is 33.2. The van der Waals surface area contributed by atoms with E-state index in [4.69, 9.17) is 14.6 Å². The van der Waals surface area contributed by atoms with E-state index in [2.05, 4.69) is 31.1 Å². The fraction of sp³-hybridized carbons (Fsp3) is 0.333. The van der Waals surface area contributed by atoms with E-state index in [0.717, 1.165) is 33.8 Å². The first-order valence-corrected chi connectivity index (χ1v) is 15.2. The minimum Gasteiger partial charge on any atom is -0.497 e. The molecule has 1 unspecified atom stereocenters. The van der Waals surface area contributed by atoms with Crippen LogP contribution in [0.4, 0.5) is 5.82 Å². The standard InChI is InChI=1S/C33H37N5O4S/c1-21-10-9-12-23(16-21)38-32-29(31(36-38)33(2,3)4)30(25-17-24(41-5)13-14-26(25)42-6)43-20-28(40)37(32)19-27(39)35-18-22-11-7-8-15-34-22/h7-17,30H,18-20H2,1-6H3,(H,35,39). The van der Waals surface area contributed by atoms with Crippen molar-refractivity contribution < 1.29 is 19.1 Å². The normalized spacial score (nSPS) is 15.1. The van der Waals surface area contributed by atoms with Crippen molar-refractivity contribution >= 4 is 29.4 Å². The Morgan fingerprint density at radius 2 is 1.88 bits per heavy atom. The van der Waals surface area contributed by atoms with Gasteiger partial charge < -0.3 is 14.8 Å². The summed E-state index contributed by atoms with van der Waals surface area (Å²) in [6, 6.07) is 19.2. The molecular weight excluding hydrogens is 562 g/mol. The van der Waals surface area contributed by atoms with Crippen molar-refractivity contribution in [2.75, 3.05) is 31.4 Å². The number of rotatable bonds is 8. The average Bonchev–Trinajstić information content (AvgIpc) is 3.34. The van der Waals surface area contributed by atoms with Crippen molar-refractivity contribution in [1.82, 2.24) is 20.1 Å². The summed E-state index contributed by atoms with van der Waals surface area (Å²) in [6.45, 7) is 8.44. The number of hydrogen-bond acceptors (Lipinski definition) is 7. The van der Waals surface area contributed by atoms with Crippen LogP contribution in [0.2, 0.25) is 0 Å². The van der Waals surface area contributed by atoms with Crippen LogP contribution in [0, 0.1) is 6.92 Å². The molecule has 1 aliphatic heterocycles. The van der Waals surface area contributed by atoms with Crippen LogP contribution < -0.4 is 19.7 Å². The molecule has 0 aliphatic carbocycles. The Kier molecular flexibility index (Phi) is 8.77. The number of thioether (sulfide) groups is 1. The molecule has 224 valence electrons. The maximum atomic E-state index is 14.0. The quantitative estimate of drug-likeness (QED) is 0.291. The second-order valence-corrected chi connectivity index (χ2v) is 12.6. The summed E-state index contributed by atoms with van der Waals surface area (Å²) in [5.41, 5.74) is 4.79. The third kappa shape index (κ3) is 6.39. The highest BCUT2D eigenvalue weighted by Gasteiger charge is 2.40. The first-order valence-electron chi connectivity index (χ1n) is 14.1. The maximum Gasteiger partial charge on any atom is 0.240 e. The van der Waals surface area contributed by atoms with Crippen LogP contribution in [-0.4, -0.2) is 53.1 Å². The Morgan fingerprint density at radius 3 is 2.56 bits per heavy atom. The Hall–Kier alpha value is -4.31. The summed E-state index contributed by atoms with van der Waals surface area (Å²) < 4.78 is 13.2. The molecular formula is C33H37N5O4S. The van der Waals surface area contributed by atoms with Gasteiger partial charge in [-0.3, -0.25) is 19.5 Å². The van der Waals surface area contributed by atoms with Gasteiger partial charge in [-0.25, -0.2) is 4.68 Å². The van der Waals surface area contributed by atoms with Crippen LogP contribution in [0.1, 0.15) is 54.1 Å². The zero-order chi connectivity index (χ0) is 30.7. The number of carbonyl (C=O) groups is 2. The van der Waals surface area contributed by atoms with Crippen molar-refractivity contribution in [3.63, 3.8) is 0 Å². The lowest BCUT2D eigenvalue weighted by Gasteiger charge is -2.25. The number of methoxy groups -OCH3 is 2. The monoisotopic (exact) mass is 599 g/mol. The summed E-state index contributed by atoms with van der Waals surface area (Å²) in [7, 11) is 3.26. The van der Waals surface area contributed by atoms with Crippen molar-refractivity contribution in [3.8, 4) is 17.2 Å². The molecule has 4 aromatic rings. The molecule has 0 radical (unpaired) electrons. The van der Waals surface area contributed by atoms with Crippen LogP contribution >= 0.6 is 11.8 Å². The molecule has 3 heterocycles. The van der Waals surface area contributed by atoms with Gasteiger partial charge in [0.15, 0.2) is 0 Å². The highest BCUT2D eigenvalue weighted by molar-refractivity contribution is 8.00. The molecule has 9 nitrogen and oxygen atoms in total. The molecule has 1 N–H and O–H groups in total. The van der Waals surface area contributed by atoms with Gasteiger partial charge in [-0.1, -0.05) is 39.0 Å². The molecule has 0 spiro atoms. The highest BCUT2D eigenvalue weighted by Crippen LogP contribution is 2.51. The SMILES string of the molecule is COc1ccc(OC)c(C2SCC(=O)N(CC(=O)NCc3ccccn3)c3c2c(C(C)(C)C)nn3-c2cccc(C)c2)c1. The number of benzene rings is 2. The van der Waals surface area contributed by atoms with Crippen molar-refractivity contribution in [2.45, 2.75) is 44.9 Å². The van der Waals surface area contributed by atoms with E-state index in [9.17, 15) is 9.59 Å². The Labute approximate surface area is 256 Å². The van der Waals surface area contributed by atoms with Gasteiger partial charge in [-0.15, -0.1) is 11.8 Å². The molecule has 0 saturated carbocycles. The molecule has 43 heavy (non-hydrogen) atoms. The number of aryl methyl sites for hydroxylation is 1. The molecule has 1 atom stereocenters. The number of aromatic nitrogens is 3. The number of anilines is 1. The molecule has 2 aromatic carbocycles. The van der Waals surface area contributed by atoms with Gasteiger partial charge in [0.05, 0.1) is 48.8 Å². The Bertz CT molecular complexity index is 1630. The van der Waals surface area contributed by atoms with Gasteiger partial charge in [-0.2, -0.15) is 5.10 Å². The van der Waals surface area contributed by atoms with Crippen molar-refractivity contribution in [1.29, 1.82) is 0 Å². The number of hydrogen-bond donors (Lipinski definition) is 1. The Morgan fingerprint density at radius 1 is 1.07 bits per heavy atom. The van der Waals surface area contributed by atoms with Crippen LogP contribution in [0.25, 0.3) is 5.69 Å². The third-order valence-corrected chi connectivity index (χ3v) is 8.50. The first-order chi connectivity index (χ1) is 20.6. The molecule has 10 heteroatoms. The number of fused-ring (bicyclic) bond motifs is 1. The number of pyridine rings is 1. The van der Waals surface area contributed by atoms with E-state index in [1.54, 1.807) is 25.3 Å².